The maximum absolute atomic E-state index is 13.0. The highest BCUT2D eigenvalue weighted by atomic mass is 16.2. The van der Waals surface area contributed by atoms with Crippen molar-refractivity contribution in [2.24, 2.45) is 16.7 Å². The van der Waals surface area contributed by atoms with E-state index in [1.165, 1.54) is 0 Å². The van der Waals surface area contributed by atoms with Crippen molar-refractivity contribution in [3.05, 3.63) is 0 Å². The summed E-state index contributed by atoms with van der Waals surface area (Å²) >= 11 is 0. The predicted molar refractivity (Wildman–Crippen MR) is 76.8 cm³/mol. The van der Waals surface area contributed by atoms with Gasteiger partial charge in [0.15, 0.2) is 34.3 Å². The second kappa shape index (κ2) is 5.77. The van der Waals surface area contributed by atoms with E-state index in [0.29, 0.717) is 0 Å². The van der Waals surface area contributed by atoms with Gasteiger partial charge in [-0.1, -0.05) is 0 Å². The van der Waals surface area contributed by atoms with Gasteiger partial charge < -0.3 is 0 Å². The summed E-state index contributed by atoms with van der Waals surface area (Å²) in [5.41, 5.74) is -5.92. The van der Waals surface area contributed by atoms with E-state index in [2.05, 4.69) is 0 Å². The Bertz CT molecular complexity index is 711. The lowest BCUT2D eigenvalue weighted by Crippen LogP contribution is -2.71. The van der Waals surface area contributed by atoms with Crippen LogP contribution in [0.3, 0.4) is 0 Å². The zero-order chi connectivity index (χ0) is 19.2. The maximum Gasteiger partial charge on any atom is 0.227 e. The Labute approximate surface area is 136 Å². The molecular weight excluding hydrogens is 320 g/mol. The van der Waals surface area contributed by atoms with Gasteiger partial charge in [0.25, 0.3) is 0 Å². The first kappa shape index (κ1) is 19.4. The van der Waals surface area contributed by atoms with E-state index < -0.39 is 63.0 Å². The van der Waals surface area contributed by atoms with Crippen LogP contribution in [0.15, 0.2) is 0 Å². The van der Waals surface area contributed by atoms with Gasteiger partial charge in [-0.3, -0.25) is 38.4 Å². The summed E-state index contributed by atoms with van der Waals surface area (Å²) in [5, 5.41) is 0. The molecule has 1 fully saturated rings. The third-order valence-corrected chi connectivity index (χ3v) is 4.53. The van der Waals surface area contributed by atoms with Crippen LogP contribution in [0.2, 0.25) is 0 Å². The quantitative estimate of drug-likeness (QED) is 0.472. The molecule has 0 aliphatic heterocycles. The van der Waals surface area contributed by atoms with Crippen LogP contribution >= 0.6 is 0 Å². The Morgan fingerprint density at radius 2 is 1.08 bits per heavy atom. The monoisotopic (exact) mass is 336 g/mol. The van der Waals surface area contributed by atoms with Crippen molar-refractivity contribution in [3.8, 4) is 0 Å². The molecule has 1 atom stereocenters. The van der Waals surface area contributed by atoms with Crippen LogP contribution in [0.5, 0.6) is 0 Å². The largest absolute Gasteiger partial charge is 0.299 e. The summed E-state index contributed by atoms with van der Waals surface area (Å²) in [6.07, 6.45) is 0. The number of rotatable bonds is 5. The fourth-order valence-corrected chi connectivity index (χ4v) is 3.39. The summed E-state index contributed by atoms with van der Waals surface area (Å²) in [4.78, 5) is 98.1. The van der Waals surface area contributed by atoms with E-state index in [1.807, 2.05) is 0 Å². The SMILES string of the molecule is CC(=O)C1C(=O)C(=O)C(C(C)=O)(C(C)=O)C(=O)C1(C(C)=O)C(C)=O. The predicted octanol–water partition coefficient (Wildman–Crippen LogP) is -0.759. The molecule has 0 saturated heterocycles. The molecule has 0 amide bonds. The first-order valence-corrected chi connectivity index (χ1v) is 7.00. The van der Waals surface area contributed by atoms with Crippen LogP contribution in [0.1, 0.15) is 34.6 Å². The van der Waals surface area contributed by atoms with Crippen molar-refractivity contribution in [2.75, 3.05) is 0 Å². The average Bonchev–Trinajstić information content (AvgIpc) is 2.40. The minimum Gasteiger partial charge on any atom is -0.299 e. The minimum atomic E-state index is -3.07. The number of ketones is 8. The molecule has 8 heteroatoms. The third-order valence-electron chi connectivity index (χ3n) is 4.53. The molecule has 0 aromatic heterocycles. The van der Waals surface area contributed by atoms with Crippen LogP contribution in [-0.4, -0.2) is 46.3 Å². The summed E-state index contributed by atoms with van der Waals surface area (Å²) in [6, 6.07) is 0. The van der Waals surface area contributed by atoms with E-state index in [0.717, 1.165) is 34.6 Å². The number of Topliss-reactive ketones (excluding diaryl/α,β-unsaturated/α-hetero) is 8. The third kappa shape index (κ3) is 1.98. The van der Waals surface area contributed by atoms with Crippen molar-refractivity contribution in [3.63, 3.8) is 0 Å². The van der Waals surface area contributed by atoms with Crippen molar-refractivity contribution in [2.45, 2.75) is 34.6 Å². The fourth-order valence-electron chi connectivity index (χ4n) is 3.39. The molecule has 0 N–H and O–H groups in total. The van der Waals surface area contributed by atoms with Crippen molar-refractivity contribution in [1.82, 2.24) is 0 Å². The van der Waals surface area contributed by atoms with Crippen LogP contribution in [0.4, 0.5) is 0 Å². The lowest BCUT2D eigenvalue weighted by atomic mass is 9.49. The molecule has 8 nitrogen and oxygen atoms in total. The number of carbonyl (C=O) groups is 8. The normalized spacial score (nSPS) is 22.0. The van der Waals surface area contributed by atoms with Gasteiger partial charge in [0.05, 0.1) is 0 Å². The lowest BCUT2D eigenvalue weighted by molar-refractivity contribution is -0.175. The van der Waals surface area contributed by atoms with Gasteiger partial charge >= 0.3 is 0 Å². The second-order valence-electron chi connectivity index (χ2n) is 5.85. The van der Waals surface area contributed by atoms with Gasteiger partial charge in [-0.05, 0) is 34.6 Å². The molecule has 0 bridgehead atoms. The molecule has 1 aliphatic carbocycles. The highest BCUT2D eigenvalue weighted by molar-refractivity contribution is 6.63. The average molecular weight is 336 g/mol. The van der Waals surface area contributed by atoms with Crippen molar-refractivity contribution >= 4 is 46.3 Å². The van der Waals surface area contributed by atoms with E-state index in [9.17, 15) is 38.4 Å². The fraction of sp³-hybridized carbons (Fsp3) is 0.500. The van der Waals surface area contributed by atoms with E-state index in [1.54, 1.807) is 0 Å². The molecule has 0 heterocycles. The van der Waals surface area contributed by atoms with Crippen LogP contribution in [-0.2, 0) is 38.4 Å². The highest BCUT2D eigenvalue weighted by Gasteiger charge is 2.74. The standard InChI is InChI=1S/C16H16O8/c1-6(17)11-12(22)13(23)16(9(4)20,10(5)21)14(24)15(11,7(2)18)8(3)19/h11H,1-5H3. The van der Waals surface area contributed by atoms with Crippen molar-refractivity contribution in [1.29, 1.82) is 0 Å². The summed E-state index contributed by atoms with van der Waals surface area (Å²) in [7, 11) is 0. The van der Waals surface area contributed by atoms with Crippen molar-refractivity contribution < 1.29 is 38.4 Å². The molecule has 0 spiro atoms. The van der Waals surface area contributed by atoms with Crippen LogP contribution < -0.4 is 0 Å². The Morgan fingerprint density at radius 1 is 0.708 bits per heavy atom. The molecule has 1 aliphatic rings. The minimum absolute atomic E-state index is 0.740. The molecule has 0 aromatic carbocycles. The van der Waals surface area contributed by atoms with E-state index in [4.69, 9.17) is 0 Å². The Morgan fingerprint density at radius 3 is 1.33 bits per heavy atom. The topological polar surface area (TPSA) is 137 Å². The first-order chi connectivity index (χ1) is 10.8. The molecule has 0 aromatic rings. The second-order valence-corrected chi connectivity index (χ2v) is 5.85. The summed E-state index contributed by atoms with van der Waals surface area (Å²) in [6.45, 7) is 3.91. The Balaban J connectivity index is 4.11. The van der Waals surface area contributed by atoms with Gasteiger partial charge in [-0.2, -0.15) is 0 Å². The molecule has 1 rings (SSSR count). The van der Waals surface area contributed by atoms with Crippen LogP contribution in [0.25, 0.3) is 0 Å². The van der Waals surface area contributed by atoms with Gasteiger partial charge in [-0.15, -0.1) is 0 Å². The van der Waals surface area contributed by atoms with Gasteiger partial charge in [-0.25, -0.2) is 0 Å². The van der Waals surface area contributed by atoms with Gasteiger partial charge in [0, 0.05) is 0 Å². The number of hydrogen-bond donors (Lipinski definition) is 0. The molecular formula is C16H16O8. The zero-order valence-corrected chi connectivity index (χ0v) is 13.8. The van der Waals surface area contributed by atoms with Gasteiger partial charge in [0.2, 0.25) is 17.0 Å². The van der Waals surface area contributed by atoms with E-state index >= 15 is 0 Å². The Hall–Kier alpha value is -2.64. The smallest absolute Gasteiger partial charge is 0.227 e. The Kier molecular flexibility index (Phi) is 4.67. The molecule has 1 unspecified atom stereocenters. The maximum atomic E-state index is 13.0. The lowest BCUT2D eigenvalue weighted by Gasteiger charge is -2.43. The molecule has 24 heavy (non-hydrogen) atoms. The summed E-state index contributed by atoms with van der Waals surface area (Å²) in [5.74, 6) is -12.9. The molecule has 0 radical (unpaired) electrons. The zero-order valence-electron chi connectivity index (χ0n) is 13.8. The summed E-state index contributed by atoms with van der Waals surface area (Å²) < 4.78 is 0. The molecule has 128 valence electrons. The first-order valence-electron chi connectivity index (χ1n) is 7.00. The molecule has 1 saturated carbocycles. The van der Waals surface area contributed by atoms with Gasteiger partial charge in [0.1, 0.15) is 11.7 Å². The van der Waals surface area contributed by atoms with Crippen LogP contribution in [0, 0.1) is 16.7 Å². The number of hydrogen-bond acceptors (Lipinski definition) is 8. The number of carbonyl (C=O) groups excluding carboxylic acids is 8. The van der Waals surface area contributed by atoms with E-state index in [-0.39, 0.29) is 0 Å². The highest BCUT2D eigenvalue weighted by Crippen LogP contribution is 2.46.